The highest BCUT2D eigenvalue weighted by Crippen LogP contribution is 2.29. The van der Waals surface area contributed by atoms with Crippen molar-refractivity contribution in [2.45, 2.75) is 32.2 Å². The van der Waals surface area contributed by atoms with E-state index in [4.69, 9.17) is 9.84 Å². The van der Waals surface area contributed by atoms with Gasteiger partial charge in [0.2, 0.25) is 5.91 Å². The van der Waals surface area contributed by atoms with Crippen LogP contribution in [0.1, 0.15) is 31.2 Å². The van der Waals surface area contributed by atoms with Crippen molar-refractivity contribution in [2.24, 2.45) is 11.8 Å². The Morgan fingerprint density at radius 3 is 2.60 bits per heavy atom. The predicted molar refractivity (Wildman–Crippen MR) is 95.4 cm³/mol. The summed E-state index contributed by atoms with van der Waals surface area (Å²) in [6.45, 7) is 0.453. The maximum Gasteiger partial charge on any atom is 0.306 e. The number of fused-ring (bicyclic) bond motifs is 1. The molecule has 3 rings (SSSR count). The summed E-state index contributed by atoms with van der Waals surface area (Å²) in [6.07, 6.45) is 2.69. The minimum absolute atomic E-state index is 0.0409. The Balaban J connectivity index is 1.62. The molecule has 1 amide bonds. The van der Waals surface area contributed by atoms with Gasteiger partial charge in [0.25, 0.3) is 0 Å². The number of amides is 1. The molecule has 0 bridgehead atoms. The normalized spacial score (nSPS) is 20.2. The fraction of sp³-hybridized carbons (Fsp3) is 0.400. The van der Waals surface area contributed by atoms with Crippen molar-refractivity contribution in [2.75, 3.05) is 7.11 Å². The molecule has 1 saturated carbocycles. The third-order valence-corrected chi connectivity index (χ3v) is 4.97. The summed E-state index contributed by atoms with van der Waals surface area (Å²) >= 11 is 0. The molecule has 0 spiro atoms. The van der Waals surface area contributed by atoms with Crippen LogP contribution in [0.5, 0.6) is 5.75 Å². The van der Waals surface area contributed by atoms with Gasteiger partial charge in [-0.25, -0.2) is 0 Å². The topological polar surface area (TPSA) is 75.6 Å². The quantitative estimate of drug-likeness (QED) is 0.874. The standard InChI is InChI=1S/C20H23NO4/c1-25-18-8-7-14-9-13(5-6-15(14)11-18)12-21-19(22)16-3-2-4-17(10-16)20(23)24/h5-9,11,16-17H,2-4,10,12H2,1H3,(H,21,22)(H,23,24). The first kappa shape index (κ1) is 17.3. The molecule has 0 aliphatic heterocycles. The van der Waals surface area contributed by atoms with Gasteiger partial charge in [-0.3, -0.25) is 9.59 Å². The summed E-state index contributed by atoms with van der Waals surface area (Å²) < 4.78 is 5.23. The fourth-order valence-electron chi connectivity index (χ4n) is 3.50. The molecule has 0 heterocycles. The van der Waals surface area contributed by atoms with Gasteiger partial charge < -0.3 is 15.2 Å². The van der Waals surface area contributed by atoms with Crippen LogP contribution in [0.4, 0.5) is 0 Å². The first-order chi connectivity index (χ1) is 12.1. The molecule has 0 aromatic heterocycles. The third kappa shape index (κ3) is 4.10. The number of carbonyl (C=O) groups excluding carboxylic acids is 1. The number of ether oxygens (including phenoxy) is 1. The van der Waals surface area contributed by atoms with Crippen LogP contribution in [0.2, 0.25) is 0 Å². The lowest BCUT2D eigenvalue weighted by Gasteiger charge is -2.25. The average Bonchev–Trinajstić information content (AvgIpc) is 2.65. The van der Waals surface area contributed by atoms with E-state index in [9.17, 15) is 9.59 Å². The molecule has 2 atom stereocenters. The van der Waals surface area contributed by atoms with Crippen LogP contribution in [0.15, 0.2) is 36.4 Å². The number of carboxylic acids is 1. The van der Waals surface area contributed by atoms with Gasteiger partial charge in [0.1, 0.15) is 5.75 Å². The number of carbonyl (C=O) groups is 2. The zero-order valence-electron chi connectivity index (χ0n) is 14.3. The number of hydrogen-bond donors (Lipinski definition) is 2. The molecule has 2 aromatic carbocycles. The van der Waals surface area contributed by atoms with Crippen molar-refractivity contribution in [3.05, 3.63) is 42.0 Å². The van der Waals surface area contributed by atoms with Gasteiger partial charge in [0.15, 0.2) is 0 Å². The molecular weight excluding hydrogens is 318 g/mol. The second-order valence-corrected chi connectivity index (χ2v) is 6.66. The van der Waals surface area contributed by atoms with E-state index in [2.05, 4.69) is 11.4 Å². The molecule has 5 heteroatoms. The van der Waals surface area contributed by atoms with Crippen molar-refractivity contribution in [1.82, 2.24) is 5.32 Å². The van der Waals surface area contributed by atoms with Gasteiger partial charge >= 0.3 is 5.97 Å². The van der Waals surface area contributed by atoms with E-state index in [1.54, 1.807) is 7.11 Å². The highest BCUT2D eigenvalue weighted by atomic mass is 16.5. The zero-order valence-corrected chi connectivity index (χ0v) is 14.3. The Hall–Kier alpha value is -2.56. The number of hydrogen-bond acceptors (Lipinski definition) is 3. The van der Waals surface area contributed by atoms with E-state index in [0.29, 0.717) is 19.4 Å². The molecule has 1 aliphatic rings. The average molecular weight is 341 g/mol. The maximum absolute atomic E-state index is 12.4. The second-order valence-electron chi connectivity index (χ2n) is 6.66. The van der Waals surface area contributed by atoms with Gasteiger partial charge in [-0.1, -0.05) is 24.6 Å². The van der Waals surface area contributed by atoms with Crippen LogP contribution in [0.3, 0.4) is 0 Å². The van der Waals surface area contributed by atoms with E-state index < -0.39 is 5.97 Å². The van der Waals surface area contributed by atoms with Crippen molar-refractivity contribution >= 4 is 22.6 Å². The molecule has 0 radical (unpaired) electrons. The van der Waals surface area contributed by atoms with E-state index >= 15 is 0 Å². The van der Waals surface area contributed by atoms with Gasteiger partial charge in [0, 0.05) is 12.5 Å². The monoisotopic (exact) mass is 341 g/mol. The van der Waals surface area contributed by atoms with Crippen LogP contribution in [0.25, 0.3) is 10.8 Å². The molecule has 25 heavy (non-hydrogen) atoms. The lowest BCUT2D eigenvalue weighted by Crippen LogP contribution is -2.35. The number of nitrogens with one attached hydrogen (secondary N) is 1. The second kappa shape index (κ2) is 7.55. The summed E-state index contributed by atoms with van der Waals surface area (Å²) in [7, 11) is 1.64. The van der Waals surface area contributed by atoms with Crippen LogP contribution in [-0.4, -0.2) is 24.1 Å². The molecular formula is C20H23NO4. The lowest BCUT2D eigenvalue weighted by atomic mass is 9.81. The van der Waals surface area contributed by atoms with E-state index in [-0.39, 0.29) is 17.7 Å². The Morgan fingerprint density at radius 1 is 1.12 bits per heavy atom. The smallest absolute Gasteiger partial charge is 0.306 e. The minimum atomic E-state index is -0.789. The third-order valence-electron chi connectivity index (χ3n) is 4.97. The van der Waals surface area contributed by atoms with Crippen molar-refractivity contribution in [3.63, 3.8) is 0 Å². The maximum atomic E-state index is 12.4. The number of rotatable bonds is 5. The van der Waals surface area contributed by atoms with Crippen LogP contribution in [0, 0.1) is 11.8 Å². The van der Waals surface area contributed by atoms with Crippen molar-refractivity contribution in [3.8, 4) is 5.75 Å². The Morgan fingerprint density at radius 2 is 1.84 bits per heavy atom. The molecule has 2 N–H and O–H groups in total. The highest BCUT2D eigenvalue weighted by molar-refractivity contribution is 5.85. The molecule has 0 saturated heterocycles. The van der Waals surface area contributed by atoms with Gasteiger partial charge in [-0.05, 0) is 53.8 Å². The molecule has 5 nitrogen and oxygen atoms in total. The van der Waals surface area contributed by atoms with Crippen molar-refractivity contribution in [1.29, 1.82) is 0 Å². The summed E-state index contributed by atoms with van der Waals surface area (Å²) in [5.74, 6) is -0.596. The van der Waals surface area contributed by atoms with Gasteiger partial charge in [0.05, 0.1) is 13.0 Å². The lowest BCUT2D eigenvalue weighted by molar-refractivity contribution is -0.144. The van der Waals surface area contributed by atoms with Gasteiger partial charge in [-0.15, -0.1) is 0 Å². The Bertz CT molecular complexity index is 786. The van der Waals surface area contributed by atoms with Crippen LogP contribution < -0.4 is 10.1 Å². The summed E-state index contributed by atoms with van der Waals surface area (Å²) in [6, 6.07) is 11.9. The first-order valence-electron chi connectivity index (χ1n) is 8.64. The molecule has 2 aromatic rings. The molecule has 1 aliphatic carbocycles. The summed E-state index contributed by atoms with van der Waals surface area (Å²) in [5, 5.41) is 14.3. The number of carboxylic acid groups (broad SMARTS) is 1. The molecule has 2 unspecified atom stereocenters. The Labute approximate surface area is 147 Å². The predicted octanol–water partition coefficient (Wildman–Crippen LogP) is 3.36. The van der Waals surface area contributed by atoms with Crippen LogP contribution >= 0.6 is 0 Å². The number of methoxy groups -OCH3 is 1. The fourth-order valence-corrected chi connectivity index (χ4v) is 3.50. The minimum Gasteiger partial charge on any atom is -0.497 e. The van der Waals surface area contributed by atoms with Crippen molar-refractivity contribution < 1.29 is 19.4 Å². The van der Waals surface area contributed by atoms with E-state index in [1.807, 2.05) is 30.3 Å². The number of aliphatic carboxylic acids is 1. The van der Waals surface area contributed by atoms with E-state index in [1.165, 1.54) is 0 Å². The zero-order chi connectivity index (χ0) is 17.8. The molecule has 1 fully saturated rings. The number of benzene rings is 2. The van der Waals surface area contributed by atoms with Crippen LogP contribution in [-0.2, 0) is 16.1 Å². The summed E-state index contributed by atoms with van der Waals surface area (Å²) in [5.41, 5.74) is 1.02. The van der Waals surface area contributed by atoms with E-state index in [0.717, 1.165) is 34.9 Å². The summed E-state index contributed by atoms with van der Waals surface area (Å²) in [4.78, 5) is 23.5. The largest absolute Gasteiger partial charge is 0.497 e. The SMILES string of the molecule is COc1ccc2cc(CNC(=O)C3CCCC(C(=O)O)C3)ccc2c1. The Kier molecular flexibility index (Phi) is 5.22. The highest BCUT2D eigenvalue weighted by Gasteiger charge is 2.30. The molecule has 132 valence electrons. The first-order valence-corrected chi connectivity index (χ1v) is 8.64. The van der Waals surface area contributed by atoms with Gasteiger partial charge in [-0.2, -0.15) is 0 Å².